The van der Waals surface area contributed by atoms with Crippen molar-refractivity contribution in [2.24, 2.45) is 0 Å². The van der Waals surface area contributed by atoms with Crippen molar-refractivity contribution in [2.75, 3.05) is 0 Å². The predicted octanol–water partition coefficient (Wildman–Crippen LogP) is 2.73. The molecule has 2 aliphatic rings. The van der Waals surface area contributed by atoms with E-state index in [2.05, 4.69) is 28.1 Å². The van der Waals surface area contributed by atoms with Crippen LogP contribution in [-0.2, 0) is 5.41 Å². The molecule has 4 nitrogen and oxygen atoms in total. The first-order valence-corrected chi connectivity index (χ1v) is 6.54. The van der Waals surface area contributed by atoms with Gasteiger partial charge in [0.15, 0.2) is 5.82 Å². The van der Waals surface area contributed by atoms with E-state index < -0.39 is 0 Å². The lowest BCUT2D eigenvalue weighted by molar-refractivity contribution is 0.355. The first-order valence-electron chi connectivity index (χ1n) is 6.54. The van der Waals surface area contributed by atoms with Gasteiger partial charge in [-0.1, -0.05) is 11.2 Å². The second-order valence-corrected chi connectivity index (χ2v) is 5.57. The molecule has 4 heteroatoms. The maximum atomic E-state index is 5.50. The Morgan fingerprint density at radius 2 is 2.11 bits per heavy atom. The van der Waals surface area contributed by atoms with Crippen LogP contribution in [0.15, 0.2) is 23.0 Å². The third kappa shape index (κ3) is 1.48. The van der Waals surface area contributed by atoms with Crippen molar-refractivity contribution in [2.45, 2.75) is 43.9 Å². The average molecular weight is 241 g/mol. The van der Waals surface area contributed by atoms with Gasteiger partial charge in [-0.3, -0.25) is 4.98 Å². The summed E-state index contributed by atoms with van der Waals surface area (Å²) in [4.78, 5) is 8.89. The van der Waals surface area contributed by atoms with Crippen molar-refractivity contribution in [3.63, 3.8) is 0 Å². The van der Waals surface area contributed by atoms with Gasteiger partial charge in [0.1, 0.15) is 0 Å². The fourth-order valence-corrected chi connectivity index (χ4v) is 2.50. The molecule has 2 fully saturated rings. The number of hydrogen-bond donors (Lipinski definition) is 0. The molecule has 0 spiro atoms. The van der Waals surface area contributed by atoms with Crippen molar-refractivity contribution < 1.29 is 4.52 Å². The van der Waals surface area contributed by atoms with Crippen LogP contribution < -0.4 is 0 Å². The minimum Gasteiger partial charge on any atom is -0.338 e. The molecule has 0 aliphatic heterocycles. The van der Waals surface area contributed by atoms with Gasteiger partial charge in [-0.25, -0.2) is 0 Å². The van der Waals surface area contributed by atoms with E-state index in [9.17, 15) is 0 Å². The number of aromatic nitrogens is 3. The Kier molecular flexibility index (Phi) is 1.93. The molecule has 0 radical (unpaired) electrons. The highest BCUT2D eigenvalue weighted by atomic mass is 16.5. The standard InChI is InChI=1S/C14H15N3O/c1-9-6-11(8-15-7-9)14(4-5-14)13-16-12(17-18-13)10-2-3-10/h6-8,10H,2-5H2,1H3. The minimum atomic E-state index is -0.0425. The van der Waals surface area contributed by atoms with Gasteiger partial charge < -0.3 is 4.52 Å². The molecule has 18 heavy (non-hydrogen) atoms. The summed E-state index contributed by atoms with van der Waals surface area (Å²) in [6, 6.07) is 2.18. The monoisotopic (exact) mass is 241 g/mol. The second kappa shape index (κ2) is 3.40. The Labute approximate surface area is 105 Å². The van der Waals surface area contributed by atoms with Crippen LogP contribution in [0.3, 0.4) is 0 Å². The smallest absolute Gasteiger partial charge is 0.237 e. The van der Waals surface area contributed by atoms with Gasteiger partial charge in [-0.2, -0.15) is 4.98 Å². The highest BCUT2D eigenvalue weighted by molar-refractivity contribution is 5.38. The molecule has 2 aromatic rings. The van der Waals surface area contributed by atoms with Gasteiger partial charge in [0.25, 0.3) is 0 Å². The predicted molar refractivity (Wildman–Crippen MR) is 65.3 cm³/mol. The maximum Gasteiger partial charge on any atom is 0.237 e. The van der Waals surface area contributed by atoms with E-state index in [1.165, 1.54) is 24.0 Å². The first-order chi connectivity index (χ1) is 8.78. The minimum absolute atomic E-state index is 0.0425. The summed E-state index contributed by atoms with van der Waals surface area (Å²) >= 11 is 0. The Balaban J connectivity index is 1.73. The molecular formula is C14H15N3O. The number of hydrogen-bond acceptors (Lipinski definition) is 4. The molecular weight excluding hydrogens is 226 g/mol. The van der Waals surface area contributed by atoms with E-state index in [0.717, 1.165) is 24.6 Å². The molecule has 2 aromatic heterocycles. The van der Waals surface area contributed by atoms with E-state index in [1.54, 1.807) is 0 Å². The molecule has 0 saturated heterocycles. The maximum absolute atomic E-state index is 5.50. The summed E-state index contributed by atoms with van der Waals surface area (Å²) in [6.07, 6.45) is 8.40. The SMILES string of the molecule is Cc1cncc(C2(c3nc(C4CC4)no3)CC2)c1. The van der Waals surface area contributed by atoms with Crippen molar-refractivity contribution in [3.05, 3.63) is 41.3 Å². The number of pyridine rings is 1. The average Bonchev–Trinajstić information content (AvgIpc) is 3.30. The van der Waals surface area contributed by atoms with Gasteiger partial charge in [0.05, 0.1) is 5.41 Å². The van der Waals surface area contributed by atoms with Crippen molar-refractivity contribution in [1.82, 2.24) is 15.1 Å². The van der Waals surface area contributed by atoms with E-state index in [0.29, 0.717) is 5.92 Å². The van der Waals surface area contributed by atoms with Crippen LogP contribution >= 0.6 is 0 Å². The summed E-state index contributed by atoms with van der Waals surface area (Å²) in [5.41, 5.74) is 2.35. The third-order valence-corrected chi connectivity index (χ3v) is 3.97. The molecule has 0 N–H and O–H groups in total. The lowest BCUT2D eigenvalue weighted by Crippen LogP contribution is -2.10. The fourth-order valence-electron chi connectivity index (χ4n) is 2.50. The van der Waals surface area contributed by atoms with E-state index in [-0.39, 0.29) is 5.41 Å². The molecule has 0 atom stereocenters. The molecule has 2 heterocycles. The van der Waals surface area contributed by atoms with Crippen LogP contribution in [0.1, 0.15) is 54.4 Å². The van der Waals surface area contributed by atoms with Crippen LogP contribution in [0.25, 0.3) is 0 Å². The summed E-state index contributed by atoms with van der Waals surface area (Å²) in [6.45, 7) is 2.07. The van der Waals surface area contributed by atoms with Crippen LogP contribution in [0.5, 0.6) is 0 Å². The molecule has 2 saturated carbocycles. The Morgan fingerprint density at radius 1 is 1.28 bits per heavy atom. The molecule has 0 aromatic carbocycles. The Hall–Kier alpha value is -1.71. The van der Waals surface area contributed by atoms with Crippen molar-refractivity contribution >= 4 is 0 Å². The highest BCUT2D eigenvalue weighted by Crippen LogP contribution is 2.53. The van der Waals surface area contributed by atoms with Crippen LogP contribution in [-0.4, -0.2) is 15.1 Å². The summed E-state index contributed by atoms with van der Waals surface area (Å²) in [5, 5.41) is 4.13. The zero-order chi connectivity index (χ0) is 12.2. The van der Waals surface area contributed by atoms with Gasteiger partial charge in [0, 0.05) is 18.3 Å². The number of aryl methyl sites for hydroxylation is 1. The van der Waals surface area contributed by atoms with Gasteiger partial charge >= 0.3 is 0 Å². The van der Waals surface area contributed by atoms with Gasteiger partial charge in [-0.15, -0.1) is 0 Å². The lowest BCUT2D eigenvalue weighted by Gasteiger charge is -2.10. The molecule has 0 unspecified atom stereocenters. The Morgan fingerprint density at radius 3 is 2.78 bits per heavy atom. The van der Waals surface area contributed by atoms with Gasteiger partial charge in [0.2, 0.25) is 5.89 Å². The summed E-state index contributed by atoms with van der Waals surface area (Å²) in [5.74, 6) is 2.24. The molecule has 4 rings (SSSR count). The van der Waals surface area contributed by atoms with Crippen LogP contribution in [0.2, 0.25) is 0 Å². The van der Waals surface area contributed by atoms with E-state index >= 15 is 0 Å². The molecule has 0 amide bonds. The molecule has 0 bridgehead atoms. The number of rotatable bonds is 3. The van der Waals surface area contributed by atoms with Crippen LogP contribution in [0, 0.1) is 6.92 Å². The highest BCUT2D eigenvalue weighted by Gasteiger charge is 2.51. The second-order valence-electron chi connectivity index (χ2n) is 5.57. The largest absolute Gasteiger partial charge is 0.338 e. The number of nitrogens with zero attached hydrogens (tertiary/aromatic N) is 3. The fraction of sp³-hybridized carbons (Fsp3) is 0.500. The zero-order valence-electron chi connectivity index (χ0n) is 10.4. The topological polar surface area (TPSA) is 51.8 Å². The summed E-state index contributed by atoms with van der Waals surface area (Å²) in [7, 11) is 0. The normalized spacial score (nSPS) is 20.9. The van der Waals surface area contributed by atoms with Crippen LogP contribution in [0.4, 0.5) is 0 Å². The first kappa shape index (κ1) is 10.2. The molecule has 92 valence electrons. The quantitative estimate of drug-likeness (QED) is 0.829. The Bertz CT molecular complexity index is 597. The van der Waals surface area contributed by atoms with Gasteiger partial charge in [-0.05, 0) is 43.7 Å². The third-order valence-electron chi connectivity index (χ3n) is 3.97. The lowest BCUT2D eigenvalue weighted by atomic mass is 9.96. The summed E-state index contributed by atoms with van der Waals surface area (Å²) < 4.78 is 5.50. The van der Waals surface area contributed by atoms with E-state index in [4.69, 9.17) is 4.52 Å². The van der Waals surface area contributed by atoms with Crippen molar-refractivity contribution in [3.8, 4) is 0 Å². The molecule has 2 aliphatic carbocycles. The van der Waals surface area contributed by atoms with Crippen molar-refractivity contribution in [1.29, 1.82) is 0 Å². The van der Waals surface area contributed by atoms with E-state index in [1.807, 2.05) is 12.4 Å². The zero-order valence-corrected chi connectivity index (χ0v) is 10.4.